The molecule has 14 rings (SSSR count). The van der Waals surface area contributed by atoms with Gasteiger partial charge in [-0.1, -0.05) is 218 Å². The fourth-order valence-electron chi connectivity index (χ4n) is 10.4. The molecule has 0 saturated heterocycles. The molecular formula is C62H38CuN8+. The van der Waals surface area contributed by atoms with E-state index in [4.69, 9.17) is 29.9 Å². The van der Waals surface area contributed by atoms with E-state index in [1.165, 1.54) is 0 Å². The number of aromatic amines is 2. The summed E-state index contributed by atoms with van der Waals surface area (Å²) in [7, 11) is 0. The molecule has 71 heavy (non-hydrogen) atoms. The number of aromatic nitrogens is 8. The van der Waals surface area contributed by atoms with Gasteiger partial charge in [-0.25, -0.2) is 29.9 Å². The minimum atomic E-state index is 0. The molecule has 0 aliphatic carbocycles. The molecule has 5 heterocycles. The predicted octanol–water partition coefficient (Wildman–Crippen LogP) is 15.2. The maximum atomic E-state index is 5.76. The first-order valence-corrected chi connectivity index (χ1v) is 23.4. The van der Waals surface area contributed by atoms with Gasteiger partial charge in [-0.3, -0.25) is 0 Å². The Morgan fingerprint density at radius 3 is 1.03 bits per heavy atom. The third kappa shape index (κ3) is 6.90. The molecule has 0 unspecified atom stereocenters. The molecule has 0 spiro atoms. The Kier molecular flexibility index (Phi) is 10.1. The minimum absolute atomic E-state index is 0. The van der Waals surface area contributed by atoms with Crippen molar-refractivity contribution in [3.8, 4) is 101 Å². The van der Waals surface area contributed by atoms with Crippen LogP contribution in [0.15, 0.2) is 218 Å². The van der Waals surface area contributed by atoms with E-state index >= 15 is 0 Å². The van der Waals surface area contributed by atoms with Crippen LogP contribution in [0.25, 0.3) is 145 Å². The van der Waals surface area contributed by atoms with E-state index in [-0.39, 0.29) is 17.1 Å². The van der Waals surface area contributed by atoms with Crippen molar-refractivity contribution in [2.75, 3.05) is 0 Å². The van der Waals surface area contributed by atoms with Crippen LogP contribution >= 0.6 is 0 Å². The average Bonchev–Trinajstić information content (AvgIpc) is 4.17. The SMILES string of the molecule is [Cu+].c1ccc(-c2cccc3c2-c2nc-3nc3[nH]c(nc4nc(nc5[nH]c(n2)c2c(-c6ccccc6)c(-c6ccccc6)c(-c6ccccc6)c(-c6ccccc6)c52)-c2ccccc2-4)c2ccccc32)cc1. The van der Waals surface area contributed by atoms with Crippen LogP contribution in [0.4, 0.5) is 0 Å². The van der Waals surface area contributed by atoms with E-state index in [0.29, 0.717) is 45.9 Å². The predicted molar refractivity (Wildman–Crippen MR) is 283 cm³/mol. The molecule has 9 aromatic carbocycles. The monoisotopic (exact) mass is 957 g/mol. The molecule has 0 amide bonds. The van der Waals surface area contributed by atoms with Gasteiger partial charge in [-0.05, 0) is 44.5 Å². The number of nitrogens with one attached hydrogen (secondary N) is 2. The Labute approximate surface area is 418 Å². The maximum Gasteiger partial charge on any atom is 1.00 e. The van der Waals surface area contributed by atoms with Gasteiger partial charge in [0, 0.05) is 54.9 Å². The summed E-state index contributed by atoms with van der Waals surface area (Å²) in [6.07, 6.45) is 0. The van der Waals surface area contributed by atoms with Crippen LogP contribution < -0.4 is 0 Å². The number of hydrogen-bond acceptors (Lipinski definition) is 6. The second kappa shape index (κ2) is 17.1. The first-order valence-electron chi connectivity index (χ1n) is 23.4. The Morgan fingerprint density at radius 2 is 0.549 bits per heavy atom. The number of H-pyrrole nitrogens is 2. The molecule has 2 aliphatic rings. The minimum Gasteiger partial charge on any atom is -0.324 e. The number of rotatable bonds is 5. The summed E-state index contributed by atoms with van der Waals surface area (Å²) in [6.45, 7) is 0. The van der Waals surface area contributed by atoms with E-state index in [9.17, 15) is 0 Å². The zero-order valence-corrected chi connectivity index (χ0v) is 38.7. The van der Waals surface area contributed by atoms with Gasteiger partial charge >= 0.3 is 17.1 Å². The summed E-state index contributed by atoms with van der Waals surface area (Å²) in [6, 6.07) is 75.8. The molecule has 12 aromatic rings. The smallest absolute Gasteiger partial charge is 0.324 e. The van der Waals surface area contributed by atoms with Gasteiger partial charge in [-0.2, -0.15) is 0 Å². The van der Waals surface area contributed by atoms with Crippen LogP contribution in [0.1, 0.15) is 0 Å². The van der Waals surface area contributed by atoms with Crippen LogP contribution in [-0.4, -0.2) is 39.9 Å². The Balaban J connectivity index is 0.00000492. The average molecular weight is 959 g/mol. The fraction of sp³-hybridized carbons (Fsp3) is 0. The van der Waals surface area contributed by atoms with Gasteiger partial charge in [0.2, 0.25) is 0 Å². The van der Waals surface area contributed by atoms with Crippen molar-refractivity contribution in [2.24, 2.45) is 0 Å². The standard InChI is InChI=1S/C62H38N8.Cu/c1-6-21-37(22-7-1)42-35-20-36-47-52(42)60-68-59(47)66-57-44-32-17-16-31-43(44)55(64-57)63-56-45-33-18-19-34-46(45)58(65-56)67-61-53-50(40-27-12-4-13-28-40)48(38-23-8-2-9-24-38)49(39-25-10-3-11-26-39)51(41-29-14-5-15-30-41)54(53)62(69-60)70-61;/h1-36H,(H2,63,64,65,66,67,68,69,70);/q;+1. The topological polar surface area (TPSA) is 109 Å². The Hall–Kier alpha value is -9.14. The molecule has 336 valence electrons. The van der Waals surface area contributed by atoms with Crippen molar-refractivity contribution in [1.82, 2.24) is 39.9 Å². The fourth-order valence-corrected chi connectivity index (χ4v) is 10.4. The van der Waals surface area contributed by atoms with E-state index < -0.39 is 0 Å². The molecule has 3 aromatic heterocycles. The third-order valence-electron chi connectivity index (χ3n) is 13.5. The van der Waals surface area contributed by atoms with E-state index in [0.717, 1.165) is 99.4 Å². The van der Waals surface area contributed by atoms with Gasteiger partial charge in [0.05, 0.1) is 0 Å². The van der Waals surface area contributed by atoms with Crippen LogP contribution in [0.3, 0.4) is 0 Å². The molecule has 2 N–H and O–H groups in total. The van der Waals surface area contributed by atoms with Gasteiger partial charge in [0.1, 0.15) is 22.6 Å². The molecule has 0 fully saturated rings. The van der Waals surface area contributed by atoms with Crippen molar-refractivity contribution < 1.29 is 17.1 Å². The molecule has 8 bridgehead atoms. The molecule has 8 nitrogen and oxygen atoms in total. The van der Waals surface area contributed by atoms with Crippen molar-refractivity contribution in [1.29, 1.82) is 0 Å². The summed E-state index contributed by atoms with van der Waals surface area (Å²) in [5, 5.41) is 3.65. The van der Waals surface area contributed by atoms with E-state index in [2.05, 4.69) is 198 Å². The molecular weight excluding hydrogens is 920 g/mol. The second-order valence-corrected chi connectivity index (χ2v) is 17.5. The summed E-state index contributed by atoms with van der Waals surface area (Å²) in [4.78, 5) is 40.2. The van der Waals surface area contributed by atoms with Crippen molar-refractivity contribution in [2.45, 2.75) is 0 Å². The quantitative estimate of drug-likeness (QED) is 0.166. The second-order valence-electron chi connectivity index (χ2n) is 17.5. The first kappa shape index (κ1) is 42.0. The van der Waals surface area contributed by atoms with Gasteiger partial charge in [-0.15, -0.1) is 0 Å². The first-order chi connectivity index (χ1) is 34.7. The summed E-state index contributed by atoms with van der Waals surface area (Å²) in [5.74, 6) is 2.17. The van der Waals surface area contributed by atoms with Crippen molar-refractivity contribution in [3.63, 3.8) is 0 Å². The largest absolute Gasteiger partial charge is 1.00 e. The van der Waals surface area contributed by atoms with Crippen LogP contribution in [0.5, 0.6) is 0 Å². The molecule has 0 saturated carbocycles. The molecule has 2 aliphatic heterocycles. The van der Waals surface area contributed by atoms with Gasteiger partial charge < -0.3 is 9.97 Å². The van der Waals surface area contributed by atoms with Gasteiger partial charge in [0.15, 0.2) is 23.3 Å². The van der Waals surface area contributed by atoms with E-state index in [1.54, 1.807) is 0 Å². The number of fused-ring (bicyclic) bond motifs is 20. The number of hydrogen-bond donors (Lipinski definition) is 2. The Morgan fingerprint density at radius 1 is 0.225 bits per heavy atom. The van der Waals surface area contributed by atoms with Crippen molar-refractivity contribution in [3.05, 3.63) is 218 Å². The maximum absolute atomic E-state index is 5.76. The van der Waals surface area contributed by atoms with Crippen molar-refractivity contribution >= 4 is 44.1 Å². The van der Waals surface area contributed by atoms with E-state index in [1.807, 2.05) is 30.3 Å². The normalized spacial score (nSPS) is 11.5. The van der Waals surface area contributed by atoms with Gasteiger partial charge in [0.25, 0.3) is 0 Å². The molecule has 0 radical (unpaired) electrons. The summed E-state index contributed by atoms with van der Waals surface area (Å²) in [5.41, 5.74) is 16.5. The number of benzene rings is 9. The van der Waals surface area contributed by atoms with Crippen LogP contribution in [-0.2, 0) is 17.1 Å². The summed E-state index contributed by atoms with van der Waals surface area (Å²) >= 11 is 0. The Bertz CT molecular complexity index is 4220. The zero-order valence-electron chi connectivity index (χ0n) is 37.8. The van der Waals surface area contributed by atoms with Crippen LogP contribution in [0, 0.1) is 0 Å². The zero-order chi connectivity index (χ0) is 46.1. The molecule has 9 heteroatoms. The third-order valence-corrected chi connectivity index (χ3v) is 13.5. The number of nitrogens with zero attached hydrogens (tertiary/aromatic N) is 6. The summed E-state index contributed by atoms with van der Waals surface area (Å²) < 4.78 is 0. The molecule has 0 atom stereocenters. The van der Waals surface area contributed by atoms with Crippen LogP contribution in [0.2, 0.25) is 0 Å².